The van der Waals surface area contributed by atoms with Gasteiger partial charge in [-0.15, -0.1) is 0 Å². The number of carboxylic acids is 1. The van der Waals surface area contributed by atoms with Crippen LogP contribution in [0.5, 0.6) is 0 Å². The van der Waals surface area contributed by atoms with Gasteiger partial charge in [0, 0.05) is 5.57 Å². The standard InChI is InChI=1S/C28H44O2/c1-20(2)14-16-24(25(27(29)30)19-21(3)4)13-9-11-22(5)15-17-26-23(6)12-10-18-28(26,7)8/h9,11,13,15,17,20-21H,10,12,14,16,18-19H2,1-8H3,(H,29,30)/b13-9+,17-15+,22-11+,25-24-. The van der Waals surface area contributed by atoms with Crippen molar-refractivity contribution in [1.82, 2.24) is 0 Å². The Hall–Kier alpha value is -1.83. The minimum Gasteiger partial charge on any atom is -0.478 e. The summed E-state index contributed by atoms with van der Waals surface area (Å²) in [6.07, 6.45) is 16.7. The molecule has 1 aliphatic rings. The fourth-order valence-electron chi connectivity index (χ4n) is 4.14. The molecule has 1 N–H and O–H groups in total. The molecule has 0 fully saturated rings. The van der Waals surface area contributed by atoms with E-state index in [0.717, 1.165) is 18.4 Å². The summed E-state index contributed by atoms with van der Waals surface area (Å²) in [5, 5.41) is 9.75. The van der Waals surface area contributed by atoms with Crippen molar-refractivity contribution in [3.8, 4) is 0 Å². The molecule has 30 heavy (non-hydrogen) atoms. The highest BCUT2D eigenvalue weighted by atomic mass is 16.4. The summed E-state index contributed by atoms with van der Waals surface area (Å²) in [6.45, 7) is 17.6. The van der Waals surface area contributed by atoms with Gasteiger partial charge in [0.2, 0.25) is 0 Å². The van der Waals surface area contributed by atoms with E-state index >= 15 is 0 Å². The molecular formula is C28H44O2. The lowest BCUT2D eigenvalue weighted by Crippen LogP contribution is -2.19. The second-order valence-corrected chi connectivity index (χ2v) is 10.4. The number of aliphatic carboxylic acids is 1. The van der Waals surface area contributed by atoms with Crippen LogP contribution in [0.15, 0.2) is 58.2 Å². The van der Waals surface area contributed by atoms with Gasteiger partial charge in [0.05, 0.1) is 0 Å². The van der Waals surface area contributed by atoms with Crippen LogP contribution in [0.3, 0.4) is 0 Å². The van der Waals surface area contributed by atoms with Crippen molar-refractivity contribution in [2.75, 3.05) is 0 Å². The first-order valence-electron chi connectivity index (χ1n) is 11.6. The molecule has 0 atom stereocenters. The molecule has 0 aromatic heterocycles. The van der Waals surface area contributed by atoms with Crippen LogP contribution in [0.2, 0.25) is 0 Å². The molecule has 0 heterocycles. The van der Waals surface area contributed by atoms with Gasteiger partial charge in [0.1, 0.15) is 0 Å². The highest BCUT2D eigenvalue weighted by Gasteiger charge is 2.26. The lowest BCUT2D eigenvalue weighted by molar-refractivity contribution is -0.133. The molecule has 1 aliphatic carbocycles. The molecule has 168 valence electrons. The van der Waals surface area contributed by atoms with Crippen LogP contribution < -0.4 is 0 Å². The number of hydrogen-bond donors (Lipinski definition) is 1. The molecule has 2 heteroatoms. The van der Waals surface area contributed by atoms with E-state index in [4.69, 9.17) is 0 Å². The van der Waals surface area contributed by atoms with Gasteiger partial charge in [-0.1, -0.05) is 83.1 Å². The van der Waals surface area contributed by atoms with Crippen molar-refractivity contribution < 1.29 is 9.90 Å². The van der Waals surface area contributed by atoms with Crippen LogP contribution in [0.4, 0.5) is 0 Å². The Morgan fingerprint density at radius 3 is 2.33 bits per heavy atom. The Bertz CT molecular complexity index is 737. The molecule has 0 saturated heterocycles. The second kappa shape index (κ2) is 12.1. The number of allylic oxidation sites excluding steroid dienone is 9. The first-order chi connectivity index (χ1) is 13.9. The van der Waals surface area contributed by atoms with Gasteiger partial charge in [0.25, 0.3) is 0 Å². The van der Waals surface area contributed by atoms with E-state index in [1.54, 1.807) is 0 Å². The zero-order valence-corrected chi connectivity index (χ0v) is 20.6. The largest absolute Gasteiger partial charge is 0.478 e. The number of carbonyl (C=O) groups is 1. The second-order valence-electron chi connectivity index (χ2n) is 10.4. The Morgan fingerprint density at radius 2 is 1.80 bits per heavy atom. The molecule has 0 radical (unpaired) electrons. The molecule has 1 rings (SSSR count). The number of carboxylic acid groups (broad SMARTS) is 1. The van der Waals surface area contributed by atoms with E-state index < -0.39 is 5.97 Å². The van der Waals surface area contributed by atoms with E-state index in [2.05, 4.69) is 73.6 Å². The van der Waals surface area contributed by atoms with Gasteiger partial charge in [-0.25, -0.2) is 4.79 Å². The predicted octanol–water partition coefficient (Wildman–Crippen LogP) is 8.44. The van der Waals surface area contributed by atoms with Crippen LogP contribution in [0, 0.1) is 17.3 Å². The SMILES string of the molecule is CC1=C(/C=C/C(C)=C/C=C/C(CCC(C)C)=C(\CC(C)C)C(=O)O)C(C)(C)CCC1. The third-order valence-electron chi connectivity index (χ3n) is 5.96. The molecule has 0 saturated carbocycles. The summed E-state index contributed by atoms with van der Waals surface area (Å²) in [7, 11) is 0. The highest BCUT2D eigenvalue weighted by molar-refractivity contribution is 5.88. The van der Waals surface area contributed by atoms with Gasteiger partial charge >= 0.3 is 5.97 Å². The fraction of sp³-hybridized carbons (Fsp3) is 0.607. The summed E-state index contributed by atoms with van der Waals surface area (Å²) in [6, 6.07) is 0. The van der Waals surface area contributed by atoms with Crippen LogP contribution in [0.25, 0.3) is 0 Å². The molecule has 0 amide bonds. The Balaban J connectivity index is 3.07. The van der Waals surface area contributed by atoms with Gasteiger partial charge in [0.15, 0.2) is 0 Å². The van der Waals surface area contributed by atoms with Crippen molar-refractivity contribution in [1.29, 1.82) is 0 Å². The first-order valence-corrected chi connectivity index (χ1v) is 11.6. The summed E-state index contributed by atoms with van der Waals surface area (Å²) in [4.78, 5) is 11.9. The predicted molar refractivity (Wildman–Crippen MR) is 131 cm³/mol. The monoisotopic (exact) mass is 412 g/mol. The molecule has 0 aromatic rings. The quantitative estimate of drug-likeness (QED) is 0.289. The summed E-state index contributed by atoms with van der Waals surface area (Å²) < 4.78 is 0. The molecule has 0 aromatic carbocycles. The van der Waals surface area contributed by atoms with Gasteiger partial charge in [-0.2, -0.15) is 0 Å². The maximum absolute atomic E-state index is 11.9. The normalized spacial score (nSPS) is 18.8. The maximum atomic E-state index is 11.9. The third-order valence-corrected chi connectivity index (χ3v) is 5.96. The van der Waals surface area contributed by atoms with Gasteiger partial charge < -0.3 is 5.11 Å². The van der Waals surface area contributed by atoms with E-state index in [1.165, 1.54) is 36.0 Å². The van der Waals surface area contributed by atoms with Crippen LogP contribution in [0.1, 0.15) is 93.9 Å². The molecular weight excluding hydrogens is 368 g/mol. The topological polar surface area (TPSA) is 37.3 Å². The minimum absolute atomic E-state index is 0.245. The average molecular weight is 413 g/mol. The zero-order valence-electron chi connectivity index (χ0n) is 20.6. The van der Waals surface area contributed by atoms with Crippen molar-refractivity contribution in [2.24, 2.45) is 17.3 Å². The molecule has 0 bridgehead atoms. The van der Waals surface area contributed by atoms with Crippen LogP contribution in [-0.4, -0.2) is 11.1 Å². The summed E-state index contributed by atoms with van der Waals surface area (Å²) in [5.41, 5.74) is 5.92. The fourth-order valence-corrected chi connectivity index (χ4v) is 4.14. The van der Waals surface area contributed by atoms with E-state index in [9.17, 15) is 9.90 Å². The van der Waals surface area contributed by atoms with E-state index in [0.29, 0.717) is 23.8 Å². The van der Waals surface area contributed by atoms with Crippen LogP contribution >= 0.6 is 0 Å². The van der Waals surface area contributed by atoms with E-state index in [-0.39, 0.29) is 5.41 Å². The van der Waals surface area contributed by atoms with Crippen molar-refractivity contribution >= 4 is 5.97 Å². The molecule has 2 nitrogen and oxygen atoms in total. The summed E-state index contributed by atoms with van der Waals surface area (Å²) in [5.74, 6) is 0.0989. The number of hydrogen-bond acceptors (Lipinski definition) is 1. The smallest absolute Gasteiger partial charge is 0.331 e. The number of rotatable bonds is 10. The Labute approximate surface area is 185 Å². The Kier molecular flexibility index (Phi) is 10.6. The van der Waals surface area contributed by atoms with Crippen LogP contribution in [-0.2, 0) is 4.79 Å². The van der Waals surface area contributed by atoms with Gasteiger partial charge in [-0.3, -0.25) is 0 Å². The third kappa shape index (κ3) is 8.90. The Morgan fingerprint density at radius 1 is 1.13 bits per heavy atom. The van der Waals surface area contributed by atoms with E-state index in [1.807, 2.05) is 12.2 Å². The maximum Gasteiger partial charge on any atom is 0.331 e. The molecule has 0 unspecified atom stereocenters. The zero-order chi connectivity index (χ0) is 22.9. The summed E-state index contributed by atoms with van der Waals surface area (Å²) >= 11 is 0. The minimum atomic E-state index is -0.783. The van der Waals surface area contributed by atoms with Crippen molar-refractivity contribution in [3.63, 3.8) is 0 Å². The first kappa shape index (κ1) is 26.2. The molecule has 0 spiro atoms. The van der Waals surface area contributed by atoms with Crippen molar-refractivity contribution in [3.05, 3.63) is 58.2 Å². The lowest BCUT2D eigenvalue weighted by Gasteiger charge is -2.32. The van der Waals surface area contributed by atoms with Gasteiger partial charge in [-0.05, 0) is 80.8 Å². The average Bonchev–Trinajstić information content (AvgIpc) is 2.61. The van der Waals surface area contributed by atoms with Crippen molar-refractivity contribution in [2.45, 2.75) is 93.9 Å². The highest BCUT2D eigenvalue weighted by Crippen LogP contribution is 2.40. The molecule has 0 aliphatic heterocycles. The lowest BCUT2D eigenvalue weighted by atomic mass is 9.72.